The maximum atomic E-state index is 14.9. The zero-order chi connectivity index (χ0) is 43.0. The van der Waals surface area contributed by atoms with Crippen LogP contribution in [0, 0.1) is 0 Å². The number of aromatic nitrogens is 3. The number of alkyl halides is 5. The summed E-state index contributed by atoms with van der Waals surface area (Å²) in [4.78, 5) is 32.0. The molecule has 0 bridgehead atoms. The Morgan fingerprint density at radius 1 is 0.883 bits per heavy atom. The number of likely N-dealkylation sites (tertiary alicyclic amines) is 1. The Hall–Kier alpha value is -5.68. The summed E-state index contributed by atoms with van der Waals surface area (Å²) in [6.07, 6.45) is -6.38. The van der Waals surface area contributed by atoms with Gasteiger partial charge < -0.3 is 34.0 Å². The number of amides is 1. The molecule has 2 fully saturated rings. The highest BCUT2D eigenvalue weighted by Gasteiger charge is 2.51. The molecule has 3 aromatic carbocycles. The number of ether oxygens (including phenoxy) is 3. The number of hydrogen-bond acceptors (Lipinski definition) is 10. The van der Waals surface area contributed by atoms with Gasteiger partial charge in [0.25, 0.3) is 5.92 Å². The molecule has 18 heteroatoms. The monoisotopic (exact) mass is 855 g/mol. The van der Waals surface area contributed by atoms with Gasteiger partial charge in [-0.15, -0.1) is 0 Å². The molecule has 4 heterocycles. The molecule has 318 valence electrons. The van der Waals surface area contributed by atoms with Gasteiger partial charge in [0.1, 0.15) is 29.7 Å². The molecule has 0 aliphatic carbocycles. The molecule has 2 aliphatic rings. The lowest BCUT2D eigenvalue weighted by Gasteiger charge is -2.34. The predicted octanol–water partition coefficient (Wildman–Crippen LogP) is 8.50. The quantitative estimate of drug-likeness (QED) is 0.122. The lowest BCUT2D eigenvalue weighted by atomic mass is 9.99. The van der Waals surface area contributed by atoms with Crippen molar-refractivity contribution in [3.05, 3.63) is 94.5 Å². The summed E-state index contributed by atoms with van der Waals surface area (Å²) < 4.78 is 90.2. The molecule has 7 rings (SSSR count). The number of anilines is 2. The van der Waals surface area contributed by atoms with E-state index in [1.165, 1.54) is 28.0 Å². The molecule has 0 radical (unpaired) electrons. The lowest BCUT2D eigenvalue weighted by molar-refractivity contribution is -0.137. The summed E-state index contributed by atoms with van der Waals surface area (Å²) in [6.45, 7) is 2.26. The fourth-order valence-electron chi connectivity index (χ4n) is 7.56. The van der Waals surface area contributed by atoms with E-state index in [0.717, 1.165) is 17.2 Å². The second kappa shape index (κ2) is 16.8. The number of piperazine rings is 1. The number of carbonyl (C=O) groups is 1. The number of rotatable bonds is 12. The first-order chi connectivity index (χ1) is 28.4. The molecular weight excluding hydrogens is 813 g/mol. The Bertz CT molecular complexity index is 2300. The van der Waals surface area contributed by atoms with Crippen LogP contribution < -0.4 is 24.0 Å². The minimum absolute atomic E-state index is 0.0689. The van der Waals surface area contributed by atoms with E-state index in [-0.39, 0.29) is 73.8 Å². The van der Waals surface area contributed by atoms with Crippen LogP contribution in [0.1, 0.15) is 30.0 Å². The van der Waals surface area contributed by atoms with Gasteiger partial charge in [0.2, 0.25) is 0 Å². The summed E-state index contributed by atoms with van der Waals surface area (Å²) in [5.41, 5.74) is -0.774. The number of nitrogens with zero attached hydrogens (tertiary/aromatic N) is 7. The molecule has 2 aromatic heterocycles. The average molecular weight is 856 g/mol. The molecule has 5 aromatic rings. The first kappa shape index (κ1) is 42.4. The van der Waals surface area contributed by atoms with Gasteiger partial charge in [-0.1, -0.05) is 35.9 Å². The first-order valence-electron chi connectivity index (χ1n) is 19.0. The van der Waals surface area contributed by atoms with E-state index in [0.29, 0.717) is 22.7 Å². The number of carboxylic acid groups (broad SMARTS) is 1. The number of fused-ring (bicyclic) bond motifs is 1. The molecule has 2 saturated heterocycles. The summed E-state index contributed by atoms with van der Waals surface area (Å²) >= 11 is 6.92. The maximum Gasteiger partial charge on any atom is 0.418 e. The fourth-order valence-corrected chi connectivity index (χ4v) is 7.81. The van der Waals surface area contributed by atoms with Crippen LogP contribution >= 0.6 is 11.6 Å². The van der Waals surface area contributed by atoms with Crippen molar-refractivity contribution in [2.24, 2.45) is 0 Å². The third-order valence-electron chi connectivity index (χ3n) is 11.0. The van der Waals surface area contributed by atoms with E-state index in [2.05, 4.69) is 15.0 Å². The van der Waals surface area contributed by atoms with E-state index >= 15 is 0 Å². The van der Waals surface area contributed by atoms with E-state index in [9.17, 15) is 31.9 Å². The predicted molar refractivity (Wildman–Crippen MR) is 217 cm³/mol. The van der Waals surface area contributed by atoms with Crippen LogP contribution in [0.5, 0.6) is 17.5 Å². The van der Waals surface area contributed by atoms with Gasteiger partial charge in [-0.2, -0.15) is 23.1 Å². The van der Waals surface area contributed by atoms with Crippen molar-refractivity contribution in [1.29, 1.82) is 0 Å². The summed E-state index contributed by atoms with van der Waals surface area (Å²) in [5.74, 6) is -1.12. The maximum absolute atomic E-state index is 14.9. The van der Waals surface area contributed by atoms with E-state index in [4.69, 9.17) is 25.8 Å². The minimum Gasteiger partial charge on any atom is -0.497 e. The second-order valence-corrected chi connectivity index (χ2v) is 15.6. The Balaban J connectivity index is 1.33. The molecule has 1 amide bonds. The highest BCUT2D eigenvalue weighted by atomic mass is 35.5. The standard InChI is InChI=1S/C42H43ClF5N7O5/c1-40(23-41(44,45)24-52(40)2)25-60-38-49-34-20-30(33(43)19-31(34)37(51-38)53-15-17-54(18-16-53)39(56)57)36-32(42(46,47)48)13-14-35(50-36)55(21-26-5-9-28(58-3)10-6-26)22-27-7-11-29(59-4)12-8-27/h5-14,19-20H,15-18,21-25H2,1-4H3,(H,56,57)/t40-/m0/s1. The number of benzene rings is 3. The zero-order valence-electron chi connectivity index (χ0n) is 33.3. The molecule has 12 nitrogen and oxygen atoms in total. The van der Waals surface area contributed by atoms with Crippen molar-refractivity contribution in [2.75, 3.05) is 70.4 Å². The summed E-state index contributed by atoms with van der Waals surface area (Å²) in [7, 11) is 4.68. The molecule has 2 aliphatic heterocycles. The highest BCUT2D eigenvalue weighted by molar-refractivity contribution is 6.34. The minimum atomic E-state index is -4.84. The van der Waals surface area contributed by atoms with Crippen molar-refractivity contribution < 1.29 is 46.1 Å². The second-order valence-electron chi connectivity index (χ2n) is 15.2. The highest BCUT2D eigenvalue weighted by Crippen LogP contribution is 2.43. The number of likely N-dealkylation sites (N-methyl/N-ethyl adjacent to an activating group) is 1. The van der Waals surface area contributed by atoms with Crippen LogP contribution in [0.4, 0.5) is 38.4 Å². The Morgan fingerprint density at radius 2 is 1.48 bits per heavy atom. The van der Waals surface area contributed by atoms with E-state index < -0.39 is 48.0 Å². The van der Waals surface area contributed by atoms with Crippen molar-refractivity contribution in [3.63, 3.8) is 0 Å². The molecule has 1 N–H and O–H groups in total. The van der Waals surface area contributed by atoms with Gasteiger partial charge in [0.15, 0.2) is 0 Å². The topological polar surface area (TPSA) is 117 Å². The number of hydrogen-bond donors (Lipinski definition) is 1. The van der Waals surface area contributed by atoms with Gasteiger partial charge in [-0.25, -0.2) is 18.6 Å². The van der Waals surface area contributed by atoms with Crippen molar-refractivity contribution >= 4 is 40.2 Å². The van der Waals surface area contributed by atoms with Crippen molar-refractivity contribution in [2.45, 2.75) is 44.1 Å². The zero-order valence-corrected chi connectivity index (χ0v) is 34.0. The van der Waals surface area contributed by atoms with Crippen LogP contribution in [-0.4, -0.2) is 108 Å². The van der Waals surface area contributed by atoms with Gasteiger partial charge >= 0.3 is 18.3 Å². The largest absolute Gasteiger partial charge is 0.497 e. The van der Waals surface area contributed by atoms with Crippen LogP contribution in [-0.2, 0) is 19.3 Å². The van der Waals surface area contributed by atoms with Crippen molar-refractivity contribution in [1.82, 2.24) is 24.8 Å². The van der Waals surface area contributed by atoms with Crippen LogP contribution in [0.3, 0.4) is 0 Å². The van der Waals surface area contributed by atoms with Gasteiger partial charge in [0, 0.05) is 56.6 Å². The SMILES string of the molecule is COc1ccc(CN(Cc2ccc(OC)cc2)c2ccc(C(F)(F)F)c(-c3cc4nc(OC[C@]5(C)CC(F)(F)CN5C)nc(N5CCN(C(=O)O)CC5)c4cc3Cl)n2)cc1. The van der Waals surface area contributed by atoms with Crippen LogP contribution in [0.2, 0.25) is 5.02 Å². The smallest absolute Gasteiger partial charge is 0.418 e. The van der Waals surface area contributed by atoms with Crippen molar-refractivity contribution in [3.8, 4) is 28.8 Å². The lowest BCUT2D eigenvalue weighted by Crippen LogP contribution is -2.48. The number of halogens is 6. The van der Waals surface area contributed by atoms with Gasteiger partial charge in [-0.3, -0.25) is 4.90 Å². The number of pyridine rings is 1. The van der Waals surface area contributed by atoms with Crippen LogP contribution in [0.25, 0.3) is 22.2 Å². The third-order valence-corrected chi connectivity index (χ3v) is 11.3. The molecule has 0 unspecified atom stereocenters. The Kier molecular flexibility index (Phi) is 11.9. The average Bonchev–Trinajstić information content (AvgIpc) is 3.44. The first-order valence-corrected chi connectivity index (χ1v) is 19.4. The molecule has 0 saturated carbocycles. The molecule has 60 heavy (non-hydrogen) atoms. The summed E-state index contributed by atoms with van der Waals surface area (Å²) in [6, 6.07) is 19.6. The molecule has 0 spiro atoms. The molecule has 1 atom stereocenters. The fraction of sp³-hybridized carbons (Fsp3) is 0.381. The Morgan fingerprint density at radius 3 is 2.00 bits per heavy atom. The van der Waals surface area contributed by atoms with Gasteiger partial charge in [0.05, 0.1) is 48.1 Å². The van der Waals surface area contributed by atoms with E-state index in [1.54, 1.807) is 57.4 Å². The van der Waals surface area contributed by atoms with Gasteiger partial charge in [-0.05, 0) is 73.6 Å². The third kappa shape index (κ3) is 9.21. The Labute approximate surface area is 348 Å². The van der Waals surface area contributed by atoms with E-state index in [1.807, 2.05) is 29.2 Å². The van der Waals surface area contributed by atoms with Crippen LogP contribution in [0.15, 0.2) is 72.8 Å². The molecular formula is C42H43ClF5N7O5. The normalized spacial score (nSPS) is 18.2. The number of methoxy groups -OCH3 is 2. The summed E-state index contributed by atoms with van der Waals surface area (Å²) in [5, 5.41) is 9.84.